The van der Waals surface area contributed by atoms with E-state index < -0.39 is 0 Å². The van der Waals surface area contributed by atoms with Crippen LogP contribution in [0.2, 0.25) is 0 Å². The Kier molecular flexibility index (Phi) is 5.13. The Hall–Kier alpha value is -2.50. The molecule has 0 saturated carbocycles. The van der Waals surface area contributed by atoms with Crippen molar-refractivity contribution >= 4 is 11.7 Å². The van der Waals surface area contributed by atoms with Gasteiger partial charge in [-0.1, -0.05) is 12.8 Å². The van der Waals surface area contributed by atoms with E-state index in [2.05, 4.69) is 25.4 Å². The number of nitrogens with zero attached hydrogens (tertiary/aromatic N) is 4. The number of carbonyl (C=O) groups is 1. The maximum absolute atomic E-state index is 12.1. The third-order valence-corrected chi connectivity index (χ3v) is 4.02. The molecule has 0 atom stereocenters. The fraction of sp³-hybridized carbons (Fsp3) is 0.412. The normalized spacial score (nSPS) is 15.0. The maximum Gasteiger partial charge on any atom is 0.272 e. The molecule has 0 unspecified atom stereocenters. The number of pyridine rings is 1. The first-order valence-electron chi connectivity index (χ1n) is 8.09. The highest BCUT2D eigenvalue weighted by Gasteiger charge is 2.13. The van der Waals surface area contributed by atoms with Gasteiger partial charge in [0.25, 0.3) is 5.91 Å². The molecule has 0 spiro atoms. The minimum absolute atomic E-state index is 0.211. The number of hydrogen-bond acceptors (Lipinski definition) is 5. The fourth-order valence-electron chi connectivity index (χ4n) is 2.69. The van der Waals surface area contributed by atoms with E-state index in [1.165, 1.54) is 25.7 Å². The highest BCUT2D eigenvalue weighted by molar-refractivity contribution is 5.92. The van der Waals surface area contributed by atoms with Crippen molar-refractivity contribution in [1.82, 2.24) is 20.5 Å². The average molecular weight is 311 g/mol. The number of hydrogen-bond donors (Lipinski definition) is 1. The third kappa shape index (κ3) is 4.25. The zero-order valence-electron chi connectivity index (χ0n) is 13.1. The molecule has 6 heteroatoms. The molecule has 0 aromatic carbocycles. The van der Waals surface area contributed by atoms with Gasteiger partial charge in [-0.05, 0) is 42.7 Å². The van der Waals surface area contributed by atoms with Crippen molar-refractivity contribution in [3.05, 3.63) is 47.9 Å². The summed E-state index contributed by atoms with van der Waals surface area (Å²) < 4.78 is 0. The number of nitrogens with one attached hydrogen (secondary N) is 1. The molecule has 1 saturated heterocycles. The van der Waals surface area contributed by atoms with Crippen molar-refractivity contribution in [3.63, 3.8) is 0 Å². The Balaban J connectivity index is 1.58. The van der Waals surface area contributed by atoms with Gasteiger partial charge in [-0.2, -0.15) is 0 Å². The lowest BCUT2D eigenvalue weighted by atomic mass is 10.2. The summed E-state index contributed by atoms with van der Waals surface area (Å²) in [4.78, 5) is 18.3. The van der Waals surface area contributed by atoms with Crippen molar-refractivity contribution in [2.45, 2.75) is 32.2 Å². The Bertz CT molecular complexity index is 621. The Labute approximate surface area is 136 Å². The monoisotopic (exact) mass is 311 g/mol. The maximum atomic E-state index is 12.1. The molecule has 23 heavy (non-hydrogen) atoms. The predicted octanol–water partition coefficient (Wildman–Crippen LogP) is 2.18. The second-order valence-electron chi connectivity index (χ2n) is 5.72. The van der Waals surface area contributed by atoms with Crippen LogP contribution in [0, 0.1) is 0 Å². The minimum atomic E-state index is -0.211. The van der Waals surface area contributed by atoms with Crippen LogP contribution in [0.1, 0.15) is 41.7 Å². The van der Waals surface area contributed by atoms with Gasteiger partial charge >= 0.3 is 0 Å². The number of rotatable bonds is 4. The lowest BCUT2D eigenvalue weighted by molar-refractivity contribution is 0.0945. The standard InChI is InChI=1S/C17H21N5O/c23-17(19-13-14-7-9-18-10-8-14)15-5-6-16(21-20-15)22-11-3-1-2-4-12-22/h5-10H,1-4,11-13H2,(H,19,23). The molecule has 1 aliphatic rings. The summed E-state index contributed by atoms with van der Waals surface area (Å²) in [7, 11) is 0. The van der Waals surface area contributed by atoms with Crippen LogP contribution in [0.3, 0.4) is 0 Å². The molecular formula is C17H21N5O. The van der Waals surface area contributed by atoms with Crippen LogP contribution in [0.15, 0.2) is 36.7 Å². The summed E-state index contributed by atoms with van der Waals surface area (Å²) in [6.07, 6.45) is 8.35. The summed E-state index contributed by atoms with van der Waals surface area (Å²) in [5.41, 5.74) is 1.35. The van der Waals surface area contributed by atoms with Crippen LogP contribution in [0.5, 0.6) is 0 Å². The van der Waals surface area contributed by atoms with Crippen LogP contribution in [-0.2, 0) is 6.54 Å². The second kappa shape index (κ2) is 7.67. The van der Waals surface area contributed by atoms with E-state index in [1.807, 2.05) is 18.2 Å². The zero-order chi connectivity index (χ0) is 15.9. The van der Waals surface area contributed by atoms with E-state index in [-0.39, 0.29) is 5.91 Å². The highest BCUT2D eigenvalue weighted by atomic mass is 16.1. The highest BCUT2D eigenvalue weighted by Crippen LogP contribution is 2.16. The van der Waals surface area contributed by atoms with Gasteiger partial charge in [-0.25, -0.2) is 0 Å². The molecule has 3 rings (SSSR count). The summed E-state index contributed by atoms with van der Waals surface area (Å²) >= 11 is 0. The lowest BCUT2D eigenvalue weighted by Gasteiger charge is -2.20. The van der Waals surface area contributed by atoms with Crippen LogP contribution < -0.4 is 10.2 Å². The fourth-order valence-corrected chi connectivity index (χ4v) is 2.69. The van der Waals surface area contributed by atoms with Gasteiger partial charge in [0.15, 0.2) is 11.5 Å². The van der Waals surface area contributed by atoms with Crippen LogP contribution >= 0.6 is 0 Å². The van der Waals surface area contributed by atoms with E-state index in [0.717, 1.165) is 24.5 Å². The van der Waals surface area contributed by atoms with Gasteiger partial charge < -0.3 is 10.2 Å². The molecule has 0 aliphatic carbocycles. The summed E-state index contributed by atoms with van der Waals surface area (Å²) in [6, 6.07) is 7.37. The molecule has 1 amide bonds. The third-order valence-electron chi connectivity index (χ3n) is 4.02. The molecule has 1 N–H and O–H groups in total. The van der Waals surface area contributed by atoms with Crippen molar-refractivity contribution < 1.29 is 4.79 Å². The molecule has 0 bridgehead atoms. The zero-order valence-corrected chi connectivity index (χ0v) is 13.1. The molecular weight excluding hydrogens is 290 g/mol. The molecule has 2 aromatic rings. The Morgan fingerprint density at radius 3 is 2.39 bits per heavy atom. The van der Waals surface area contributed by atoms with E-state index in [0.29, 0.717) is 12.2 Å². The van der Waals surface area contributed by atoms with Gasteiger partial charge in [0.2, 0.25) is 0 Å². The first kappa shape index (κ1) is 15.4. The SMILES string of the molecule is O=C(NCc1ccncc1)c1ccc(N2CCCCCC2)nn1. The van der Waals surface area contributed by atoms with Crippen LogP contribution in [0.4, 0.5) is 5.82 Å². The largest absolute Gasteiger partial charge is 0.355 e. The van der Waals surface area contributed by atoms with Crippen molar-refractivity contribution in [1.29, 1.82) is 0 Å². The summed E-state index contributed by atoms with van der Waals surface area (Å²) in [5, 5.41) is 11.1. The molecule has 120 valence electrons. The number of carbonyl (C=O) groups excluding carboxylic acids is 1. The lowest BCUT2D eigenvalue weighted by Crippen LogP contribution is -2.27. The Morgan fingerprint density at radius 1 is 1.00 bits per heavy atom. The number of anilines is 1. The van der Waals surface area contributed by atoms with Gasteiger partial charge in [0.1, 0.15) is 0 Å². The first-order chi connectivity index (χ1) is 11.3. The van der Waals surface area contributed by atoms with Crippen LogP contribution in [-0.4, -0.2) is 34.2 Å². The average Bonchev–Trinajstić information content (AvgIpc) is 2.90. The Morgan fingerprint density at radius 2 is 1.74 bits per heavy atom. The van der Waals surface area contributed by atoms with Crippen molar-refractivity contribution in [2.24, 2.45) is 0 Å². The predicted molar refractivity (Wildman–Crippen MR) is 88.1 cm³/mol. The summed E-state index contributed by atoms with van der Waals surface area (Å²) in [6.45, 7) is 2.49. The van der Waals surface area contributed by atoms with Crippen molar-refractivity contribution in [3.8, 4) is 0 Å². The quantitative estimate of drug-likeness (QED) is 0.937. The van der Waals surface area contributed by atoms with Gasteiger partial charge in [0.05, 0.1) is 0 Å². The molecule has 1 aliphatic heterocycles. The first-order valence-corrected chi connectivity index (χ1v) is 8.09. The van der Waals surface area contributed by atoms with Gasteiger partial charge in [0, 0.05) is 32.0 Å². The van der Waals surface area contributed by atoms with Gasteiger partial charge in [-0.3, -0.25) is 9.78 Å². The number of aromatic nitrogens is 3. The number of amides is 1. The van der Waals surface area contributed by atoms with E-state index in [9.17, 15) is 4.79 Å². The molecule has 3 heterocycles. The molecule has 2 aromatic heterocycles. The minimum Gasteiger partial charge on any atom is -0.355 e. The summed E-state index contributed by atoms with van der Waals surface area (Å²) in [5.74, 6) is 0.648. The van der Waals surface area contributed by atoms with E-state index in [4.69, 9.17) is 0 Å². The molecule has 1 fully saturated rings. The topological polar surface area (TPSA) is 71.0 Å². The smallest absolute Gasteiger partial charge is 0.272 e. The molecule has 0 radical (unpaired) electrons. The second-order valence-corrected chi connectivity index (χ2v) is 5.72. The molecule has 6 nitrogen and oxygen atoms in total. The van der Waals surface area contributed by atoms with E-state index >= 15 is 0 Å². The van der Waals surface area contributed by atoms with E-state index in [1.54, 1.807) is 18.5 Å². The van der Waals surface area contributed by atoms with Crippen LogP contribution in [0.25, 0.3) is 0 Å². The van der Waals surface area contributed by atoms with Gasteiger partial charge in [-0.15, -0.1) is 10.2 Å². The van der Waals surface area contributed by atoms with Crippen molar-refractivity contribution in [2.75, 3.05) is 18.0 Å².